The number of sulfonamides is 1. The van der Waals surface area contributed by atoms with Gasteiger partial charge in [0.05, 0.1) is 17.1 Å². The predicted molar refractivity (Wildman–Crippen MR) is 99.4 cm³/mol. The van der Waals surface area contributed by atoms with E-state index in [4.69, 9.17) is 0 Å². The maximum atomic E-state index is 14.7. The van der Waals surface area contributed by atoms with Crippen LogP contribution < -0.4 is 15.0 Å². The molecule has 2 aromatic heterocycles. The summed E-state index contributed by atoms with van der Waals surface area (Å²) in [4.78, 5) is 22.4. The predicted octanol–water partition coefficient (Wildman–Crippen LogP) is 2.37. The molecule has 0 saturated heterocycles. The van der Waals surface area contributed by atoms with Crippen molar-refractivity contribution in [2.24, 2.45) is 0 Å². The lowest BCUT2D eigenvalue weighted by molar-refractivity contribution is -0.346. The van der Waals surface area contributed by atoms with Crippen molar-refractivity contribution >= 4 is 38.5 Å². The van der Waals surface area contributed by atoms with Crippen molar-refractivity contribution in [3.05, 3.63) is 47.4 Å². The number of nitrogens with zero attached hydrogens (tertiary/aromatic N) is 1. The molecule has 0 saturated carbocycles. The first kappa shape index (κ1) is 19.7. The Kier molecular flexibility index (Phi) is 5.27. The number of amides is 1. The van der Waals surface area contributed by atoms with E-state index in [1.54, 1.807) is 19.9 Å². The molecule has 0 spiro atoms. The molecule has 0 aliphatic rings. The van der Waals surface area contributed by atoms with Crippen molar-refractivity contribution in [2.45, 2.75) is 20.3 Å². The highest BCUT2D eigenvalue weighted by atomic mass is 32.2. The van der Waals surface area contributed by atoms with Gasteiger partial charge in [0, 0.05) is 6.92 Å². The Hall–Kier alpha value is -3.08. The first-order valence-corrected chi connectivity index (χ1v) is 10.0. The molecule has 0 unspecified atom stereocenters. The lowest BCUT2D eigenvalue weighted by Crippen LogP contribution is -2.21. The van der Waals surface area contributed by atoms with Crippen molar-refractivity contribution in [3.8, 4) is 0 Å². The van der Waals surface area contributed by atoms with Crippen LogP contribution in [0.3, 0.4) is 0 Å². The molecule has 28 heavy (non-hydrogen) atoms. The number of benzene rings is 1. The van der Waals surface area contributed by atoms with Crippen LogP contribution in [0.5, 0.6) is 0 Å². The van der Waals surface area contributed by atoms with Crippen LogP contribution in [0.15, 0.2) is 24.4 Å². The highest BCUT2D eigenvalue weighted by Gasteiger charge is 2.23. The normalized spacial score (nSPS) is 11.6. The van der Waals surface area contributed by atoms with E-state index >= 15 is 0 Å². The van der Waals surface area contributed by atoms with E-state index < -0.39 is 38.8 Å². The molecule has 0 aliphatic heterocycles. The van der Waals surface area contributed by atoms with Gasteiger partial charge in [-0.2, -0.15) is 0 Å². The fraction of sp³-hybridized carbons (Fsp3) is 0.235. The summed E-state index contributed by atoms with van der Waals surface area (Å²) in [5, 5.41) is 2.38. The number of carbonyl (C=O) groups excluding carboxylic acids is 1. The number of aryl methyl sites for hydroxylation is 1. The molecule has 8 nitrogen and oxygen atoms in total. The van der Waals surface area contributed by atoms with Crippen LogP contribution in [0, 0.1) is 18.6 Å². The Labute approximate surface area is 159 Å². The molecule has 0 aliphatic carbocycles. The second-order valence-corrected chi connectivity index (χ2v) is 7.97. The van der Waals surface area contributed by atoms with Crippen molar-refractivity contribution in [1.82, 2.24) is 9.97 Å². The fourth-order valence-electron chi connectivity index (χ4n) is 2.66. The smallest absolute Gasteiger partial charge is 0.319 e. The summed E-state index contributed by atoms with van der Waals surface area (Å²) in [5.74, 6) is -3.05. The summed E-state index contributed by atoms with van der Waals surface area (Å²) >= 11 is 0. The molecule has 1 amide bonds. The molecule has 3 aromatic rings. The Morgan fingerprint density at radius 1 is 1.32 bits per heavy atom. The molecule has 2 heterocycles. The van der Waals surface area contributed by atoms with E-state index in [0.717, 1.165) is 12.1 Å². The van der Waals surface area contributed by atoms with Gasteiger partial charge in [-0.1, -0.05) is 6.92 Å². The highest BCUT2D eigenvalue weighted by Crippen LogP contribution is 2.24. The molecule has 11 heteroatoms. The van der Waals surface area contributed by atoms with Crippen LogP contribution in [0.4, 0.5) is 20.2 Å². The van der Waals surface area contributed by atoms with Gasteiger partial charge in [-0.15, -0.1) is 0 Å². The molecule has 0 bridgehead atoms. The number of hydrogen-bond acceptors (Lipinski definition) is 4. The van der Waals surface area contributed by atoms with Gasteiger partial charge in [0.1, 0.15) is 23.1 Å². The first-order valence-electron chi connectivity index (χ1n) is 8.38. The molecular weight excluding hydrogens is 392 g/mol. The summed E-state index contributed by atoms with van der Waals surface area (Å²) in [7, 11) is -3.80. The zero-order chi connectivity index (χ0) is 20.5. The van der Waals surface area contributed by atoms with Crippen LogP contribution >= 0.6 is 0 Å². The van der Waals surface area contributed by atoms with Crippen molar-refractivity contribution in [3.63, 3.8) is 0 Å². The van der Waals surface area contributed by atoms with Gasteiger partial charge in [-0.3, -0.25) is 9.52 Å². The van der Waals surface area contributed by atoms with Crippen LogP contribution in [0.2, 0.25) is 0 Å². The van der Waals surface area contributed by atoms with Crippen LogP contribution in [-0.4, -0.2) is 30.0 Å². The van der Waals surface area contributed by atoms with Crippen LogP contribution in [0.1, 0.15) is 29.5 Å². The van der Waals surface area contributed by atoms with E-state index in [0.29, 0.717) is 23.4 Å². The SMILES string of the molecule is CCCS(=O)(=O)Nc1ccc(F)c(C(=O)Nc2c[nH+]c3nc(C)[nH]c3c2)c1F. The number of imidazole rings is 1. The highest BCUT2D eigenvalue weighted by molar-refractivity contribution is 7.92. The van der Waals surface area contributed by atoms with Gasteiger partial charge in [0.25, 0.3) is 5.91 Å². The van der Waals surface area contributed by atoms with Gasteiger partial charge in [-0.05, 0) is 29.6 Å². The Bertz CT molecular complexity index is 1160. The van der Waals surface area contributed by atoms with Gasteiger partial charge in [0.15, 0.2) is 5.82 Å². The maximum Gasteiger partial charge on any atom is 0.346 e. The number of hydrogen-bond donors (Lipinski definition) is 3. The van der Waals surface area contributed by atoms with Gasteiger partial charge < -0.3 is 10.3 Å². The van der Waals surface area contributed by atoms with E-state index in [1.165, 1.54) is 6.20 Å². The Morgan fingerprint density at radius 2 is 2.07 bits per heavy atom. The molecule has 0 fully saturated rings. The zero-order valence-electron chi connectivity index (χ0n) is 15.1. The quantitative estimate of drug-likeness (QED) is 0.578. The van der Waals surface area contributed by atoms with Crippen molar-refractivity contribution in [1.29, 1.82) is 0 Å². The van der Waals surface area contributed by atoms with Crippen molar-refractivity contribution < 1.29 is 27.0 Å². The van der Waals surface area contributed by atoms with E-state index in [-0.39, 0.29) is 11.4 Å². The van der Waals surface area contributed by atoms with Crippen LogP contribution in [-0.2, 0) is 10.0 Å². The third-order valence-electron chi connectivity index (χ3n) is 3.83. The average Bonchev–Trinajstić information content (AvgIpc) is 2.96. The summed E-state index contributed by atoms with van der Waals surface area (Å²) in [6.07, 6.45) is 1.74. The van der Waals surface area contributed by atoms with E-state index in [9.17, 15) is 22.0 Å². The van der Waals surface area contributed by atoms with Gasteiger partial charge in [-0.25, -0.2) is 22.2 Å². The second-order valence-electron chi connectivity index (χ2n) is 6.13. The summed E-state index contributed by atoms with van der Waals surface area (Å²) < 4.78 is 54.5. The Morgan fingerprint density at radius 3 is 2.79 bits per heavy atom. The number of nitrogens with one attached hydrogen (secondary N) is 4. The molecule has 1 aromatic carbocycles. The number of rotatable bonds is 6. The number of fused-ring (bicyclic) bond motifs is 1. The number of aromatic nitrogens is 3. The molecular formula is C17H18F2N5O3S+. The third kappa shape index (κ3) is 4.09. The molecule has 0 atom stereocenters. The minimum absolute atomic E-state index is 0.231. The number of pyridine rings is 1. The lowest BCUT2D eigenvalue weighted by Gasteiger charge is -2.12. The lowest BCUT2D eigenvalue weighted by atomic mass is 10.1. The third-order valence-corrected chi connectivity index (χ3v) is 5.31. The standard InChI is InChI=1S/C17H17F2N5O3S/c1-3-6-28(26,27)24-12-5-4-11(18)14(15(12)19)17(25)23-10-7-13-16(20-8-10)22-9(2)21-13/h4-5,7-8,24H,3,6H2,1-2H3,(H,23,25)(H,20,21,22)/p+1. The summed E-state index contributed by atoms with van der Waals surface area (Å²) in [6.45, 7) is 3.40. The fourth-order valence-corrected chi connectivity index (χ4v) is 3.79. The van der Waals surface area contributed by atoms with Gasteiger partial charge >= 0.3 is 5.65 Å². The second kappa shape index (κ2) is 7.50. The maximum absolute atomic E-state index is 14.7. The Balaban J connectivity index is 1.90. The van der Waals surface area contributed by atoms with E-state index in [2.05, 4.69) is 20.3 Å². The van der Waals surface area contributed by atoms with Gasteiger partial charge in [0.2, 0.25) is 15.8 Å². The van der Waals surface area contributed by atoms with E-state index in [1.807, 2.05) is 4.72 Å². The number of H-pyrrole nitrogens is 2. The monoisotopic (exact) mass is 410 g/mol. The molecule has 4 N–H and O–H groups in total. The molecule has 148 valence electrons. The average molecular weight is 410 g/mol. The first-order chi connectivity index (χ1) is 13.2. The number of halogens is 2. The van der Waals surface area contributed by atoms with Crippen molar-refractivity contribution in [2.75, 3.05) is 15.8 Å². The largest absolute Gasteiger partial charge is 0.346 e. The number of carbonyl (C=O) groups is 1. The summed E-state index contributed by atoms with van der Waals surface area (Å²) in [5.41, 5.74) is 0.0122. The molecule has 3 rings (SSSR count). The van der Waals surface area contributed by atoms with Crippen LogP contribution in [0.25, 0.3) is 11.2 Å². The number of aromatic amines is 2. The number of anilines is 2. The molecule has 0 radical (unpaired) electrons. The summed E-state index contributed by atoms with van der Waals surface area (Å²) in [6, 6.07) is 3.31. The zero-order valence-corrected chi connectivity index (χ0v) is 15.9. The minimum atomic E-state index is -3.80. The topological polar surface area (TPSA) is 118 Å². The minimum Gasteiger partial charge on any atom is -0.319 e.